The first-order valence-electron chi connectivity index (χ1n) is 4.03. The second kappa shape index (κ2) is 4.69. The Morgan fingerprint density at radius 3 is 1.20 bits per heavy atom. The van der Waals surface area contributed by atoms with Gasteiger partial charge in [-0.3, -0.25) is 0 Å². The van der Waals surface area contributed by atoms with E-state index in [2.05, 4.69) is 0 Å². The Bertz CT molecular complexity index is 381. The smallest absolute Gasteiger partial charge is 0.205 e. The molecule has 0 amide bonds. The van der Waals surface area contributed by atoms with Crippen LogP contribution in [0.1, 0.15) is 0 Å². The molecule has 0 heterocycles. The molecule has 0 aromatic carbocycles. The molecule has 0 aliphatic heterocycles. The quantitative estimate of drug-likeness (QED) is 0.647. The Balaban J connectivity index is 5.75. The van der Waals surface area contributed by atoms with Crippen LogP contribution in [0.25, 0.3) is 0 Å². The van der Waals surface area contributed by atoms with E-state index in [4.69, 9.17) is 0 Å². The van der Waals surface area contributed by atoms with Gasteiger partial charge in [0.2, 0.25) is 0 Å². The molecule has 0 fully saturated rings. The average Bonchev–Trinajstić information content (AvgIpc) is 2.12. The highest BCUT2D eigenvalue weighted by molar-refractivity contribution is 5.16. The fourth-order valence-electron chi connectivity index (χ4n) is 0.665. The Kier molecular flexibility index (Phi) is 4.41. The van der Waals surface area contributed by atoms with E-state index in [0.717, 1.165) is 0 Å². The summed E-state index contributed by atoms with van der Waals surface area (Å²) in [6, 6.07) is 0. The van der Waals surface area contributed by atoms with Crippen LogP contribution >= 0.6 is 0 Å². The highest BCUT2D eigenvalue weighted by atomic mass is 19.4. The number of rotatable bonds is 3. The van der Waals surface area contributed by atoms with Crippen molar-refractivity contribution in [3.63, 3.8) is 0 Å². The van der Waals surface area contributed by atoms with Crippen molar-refractivity contribution in [2.75, 3.05) is 0 Å². The van der Waals surface area contributed by atoms with E-state index in [0.29, 0.717) is 0 Å². The van der Waals surface area contributed by atoms with Gasteiger partial charge in [0.25, 0.3) is 0 Å². The van der Waals surface area contributed by atoms with Crippen molar-refractivity contribution >= 4 is 0 Å². The summed E-state index contributed by atoms with van der Waals surface area (Å²) in [4.78, 5) is 0. The number of alkyl halides is 12. The summed E-state index contributed by atoms with van der Waals surface area (Å²) >= 11 is 0. The maximum absolute atomic E-state index is 12.4. The third-order valence-corrected chi connectivity index (χ3v) is 1.74. The van der Waals surface area contributed by atoms with Gasteiger partial charge in [0.15, 0.2) is 5.83 Å². The minimum absolute atomic E-state index is 2.41. The van der Waals surface area contributed by atoms with Crippen molar-refractivity contribution in [1.82, 2.24) is 0 Å². The van der Waals surface area contributed by atoms with E-state index in [1.54, 1.807) is 0 Å². The van der Waals surface area contributed by atoms with Crippen LogP contribution in [-0.4, -0.2) is 30.1 Å². The van der Waals surface area contributed by atoms with Crippen molar-refractivity contribution < 1.29 is 57.1 Å². The molecular weight excluding hydrogens is 331 g/mol. The van der Waals surface area contributed by atoms with Crippen molar-refractivity contribution in [2.24, 2.45) is 0 Å². The normalized spacial score (nSPS) is 16.6. The monoisotopic (exact) mass is 332 g/mol. The predicted molar refractivity (Wildman–Crippen MR) is 36.1 cm³/mol. The topological polar surface area (TPSA) is 0 Å². The summed E-state index contributed by atoms with van der Waals surface area (Å²) in [5.41, 5.74) is 0. The third kappa shape index (κ3) is 3.11. The van der Waals surface area contributed by atoms with Gasteiger partial charge in [-0.2, -0.15) is 52.7 Å². The van der Waals surface area contributed by atoms with Gasteiger partial charge in [-0.1, -0.05) is 0 Å². The SMILES string of the molecule is F/C(=C\C(F)(F)C(F)(F)C(F)(F)F)C(F)(F)C(F)(F)F. The molecule has 0 spiro atoms. The van der Waals surface area contributed by atoms with Crippen LogP contribution in [0, 0.1) is 0 Å². The van der Waals surface area contributed by atoms with E-state index >= 15 is 0 Å². The molecule has 0 aliphatic rings. The van der Waals surface area contributed by atoms with Gasteiger partial charge >= 0.3 is 30.1 Å². The molecule has 20 heavy (non-hydrogen) atoms. The van der Waals surface area contributed by atoms with E-state index < -0.39 is 42.0 Å². The summed E-state index contributed by atoms with van der Waals surface area (Å²) in [7, 11) is 0. The van der Waals surface area contributed by atoms with Crippen molar-refractivity contribution in [1.29, 1.82) is 0 Å². The lowest BCUT2D eigenvalue weighted by molar-refractivity contribution is -0.342. The van der Waals surface area contributed by atoms with E-state index in [1.807, 2.05) is 0 Å². The van der Waals surface area contributed by atoms with Gasteiger partial charge < -0.3 is 0 Å². The van der Waals surface area contributed by atoms with E-state index in [9.17, 15) is 57.1 Å². The van der Waals surface area contributed by atoms with Crippen LogP contribution < -0.4 is 0 Å². The molecule has 0 aromatic heterocycles. The maximum atomic E-state index is 12.4. The highest BCUT2D eigenvalue weighted by Gasteiger charge is 2.73. The number of hydrogen-bond donors (Lipinski definition) is 0. The molecule has 13 heteroatoms. The van der Waals surface area contributed by atoms with Gasteiger partial charge in [-0.15, -0.1) is 0 Å². The third-order valence-electron chi connectivity index (χ3n) is 1.74. The first-order valence-corrected chi connectivity index (χ1v) is 4.03. The van der Waals surface area contributed by atoms with Crippen LogP contribution in [0.4, 0.5) is 57.1 Å². The van der Waals surface area contributed by atoms with Crippen LogP contribution in [0.3, 0.4) is 0 Å². The molecule has 0 N–H and O–H groups in total. The fraction of sp³-hybridized carbons (Fsp3) is 0.714. The van der Waals surface area contributed by atoms with Gasteiger partial charge in [-0.25, -0.2) is 4.39 Å². The minimum atomic E-state index is -7.04. The highest BCUT2D eigenvalue weighted by Crippen LogP contribution is 2.49. The second-order valence-corrected chi connectivity index (χ2v) is 3.26. The Hall–Kier alpha value is -1.17. The van der Waals surface area contributed by atoms with Crippen molar-refractivity contribution in [3.8, 4) is 0 Å². The molecule has 0 rings (SSSR count). The van der Waals surface area contributed by atoms with E-state index in [1.165, 1.54) is 0 Å². The van der Waals surface area contributed by atoms with Crippen molar-refractivity contribution in [2.45, 2.75) is 30.1 Å². The minimum Gasteiger partial charge on any atom is -0.205 e. The Labute approximate surface area is 100 Å². The maximum Gasteiger partial charge on any atom is 0.460 e. The van der Waals surface area contributed by atoms with Gasteiger partial charge in [0.05, 0.1) is 0 Å². The molecule has 0 unspecified atom stereocenters. The van der Waals surface area contributed by atoms with Gasteiger partial charge in [-0.05, 0) is 0 Å². The number of hydrogen-bond acceptors (Lipinski definition) is 0. The van der Waals surface area contributed by atoms with Gasteiger partial charge in [0.1, 0.15) is 0 Å². The summed E-state index contributed by atoms with van der Waals surface area (Å²) in [6.07, 6.45) is -16.2. The zero-order chi connectivity index (χ0) is 16.8. The zero-order valence-corrected chi connectivity index (χ0v) is 8.49. The standard InChI is InChI=1S/C7HF13/c8-2(4(11,12)6(15,16)17)1-3(9,10)5(13,14)7(18,19)20/h1H/b2-1-. The summed E-state index contributed by atoms with van der Waals surface area (Å²) in [6.45, 7) is 0. The lowest BCUT2D eigenvalue weighted by Crippen LogP contribution is -2.51. The van der Waals surface area contributed by atoms with Crippen LogP contribution in [-0.2, 0) is 0 Å². The Morgan fingerprint density at radius 2 is 0.950 bits per heavy atom. The molecule has 0 saturated carbocycles. The average molecular weight is 332 g/mol. The second-order valence-electron chi connectivity index (χ2n) is 3.26. The lowest BCUT2D eigenvalue weighted by atomic mass is 10.1. The first kappa shape index (κ1) is 18.8. The van der Waals surface area contributed by atoms with Gasteiger partial charge in [0, 0.05) is 6.08 Å². The molecule has 0 nitrogen and oxygen atoms in total. The summed E-state index contributed by atoms with van der Waals surface area (Å²) < 4.78 is 155. The first-order chi connectivity index (χ1) is 8.38. The predicted octanol–water partition coefficient (Wildman–Crippen LogP) is 4.87. The summed E-state index contributed by atoms with van der Waals surface area (Å²) in [5, 5.41) is 0. The molecule has 0 aromatic rings. The molecular formula is C7HF13. The van der Waals surface area contributed by atoms with E-state index in [-0.39, 0.29) is 0 Å². The van der Waals surface area contributed by atoms with Crippen LogP contribution in [0.5, 0.6) is 0 Å². The summed E-state index contributed by atoms with van der Waals surface area (Å²) in [5.74, 6) is -24.5. The molecule has 0 radical (unpaired) electrons. The number of halogens is 13. The molecule has 120 valence electrons. The zero-order valence-electron chi connectivity index (χ0n) is 8.49. The molecule has 0 saturated heterocycles. The lowest BCUT2D eigenvalue weighted by Gasteiger charge is -2.26. The molecule has 0 aliphatic carbocycles. The Morgan fingerprint density at radius 1 is 0.600 bits per heavy atom. The fourth-order valence-corrected chi connectivity index (χ4v) is 0.665. The van der Waals surface area contributed by atoms with Crippen molar-refractivity contribution in [3.05, 3.63) is 11.9 Å². The largest absolute Gasteiger partial charge is 0.460 e. The molecule has 0 bridgehead atoms. The van der Waals surface area contributed by atoms with Crippen LogP contribution in [0.15, 0.2) is 11.9 Å². The molecule has 0 atom stereocenters. The van der Waals surface area contributed by atoms with Crippen LogP contribution in [0.2, 0.25) is 0 Å². The number of allylic oxidation sites excluding steroid dienone is 2.